The molecule has 0 aliphatic carbocycles. The molecule has 0 aliphatic heterocycles. The summed E-state index contributed by atoms with van der Waals surface area (Å²) in [6, 6.07) is 0.279. The zero-order chi connectivity index (χ0) is 10.9. The van der Waals surface area contributed by atoms with E-state index in [2.05, 4.69) is 0 Å². The number of hydrogen-bond donors (Lipinski definition) is 2. The fraction of sp³-hybridized carbons (Fsp3) is 0.125. The van der Waals surface area contributed by atoms with Crippen molar-refractivity contribution < 1.29 is 18.7 Å². The van der Waals surface area contributed by atoms with Crippen molar-refractivity contribution in [2.75, 3.05) is 0 Å². The highest BCUT2D eigenvalue weighted by Gasteiger charge is 2.18. The summed E-state index contributed by atoms with van der Waals surface area (Å²) >= 11 is 5.30. The molecule has 0 saturated carbocycles. The van der Waals surface area contributed by atoms with Crippen molar-refractivity contribution in [3.05, 3.63) is 34.4 Å². The normalized spacial score (nSPS) is 12.6. The van der Waals surface area contributed by atoms with Crippen LogP contribution in [0.1, 0.15) is 11.6 Å². The van der Waals surface area contributed by atoms with Crippen molar-refractivity contribution in [1.82, 2.24) is 0 Å². The Morgan fingerprint density at radius 1 is 1.50 bits per heavy atom. The second-order valence-electron chi connectivity index (χ2n) is 2.61. The smallest absolute Gasteiger partial charge is 0.325 e. The van der Waals surface area contributed by atoms with Crippen LogP contribution in [0, 0.1) is 11.6 Å². The molecule has 14 heavy (non-hydrogen) atoms. The van der Waals surface area contributed by atoms with E-state index in [9.17, 15) is 13.6 Å². The molecular formula is C8H6ClF2NO2. The predicted molar refractivity (Wildman–Crippen MR) is 45.9 cm³/mol. The van der Waals surface area contributed by atoms with Crippen molar-refractivity contribution >= 4 is 17.6 Å². The number of rotatable bonds is 2. The van der Waals surface area contributed by atoms with E-state index in [-0.39, 0.29) is 5.56 Å². The van der Waals surface area contributed by atoms with Gasteiger partial charge in [-0.15, -0.1) is 0 Å². The lowest BCUT2D eigenvalue weighted by molar-refractivity contribution is -0.138. The third kappa shape index (κ3) is 2.00. The molecule has 1 aromatic carbocycles. The summed E-state index contributed by atoms with van der Waals surface area (Å²) in [7, 11) is 0. The van der Waals surface area contributed by atoms with Crippen LogP contribution in [0.3, 0.4) is 0 Å². The quantitative estimate of drug-likeness (QED) is 0.748. The Morgan fingerprint density at radius 2 is 2.07 bits per heavy atom. The average Bonchev–Trinajstić information content (AvgIpc) is 2.12. The van der Waals surface area contributed by atoms with Gasteiger partial charge < -0.3 is 10.8 Å². The molecule has 0 fully saturated rings. The zero-order valence-electron chi connectivity index (χ0n) is 6.80. The van der Waals surface area contributed by atoms with Gasteiger partial charge in [0.25, 0.3) is 0 Å². The molecule has 0 aromatic heterocycles. The molecule has 0 bridgehead atoms. The maximum Gasteiger partial charge on any atom is 0.325 e. The number of halogens is 3. The number of hydrogen-bond acceptors (Lipinski definition) is 2. The standard InChI is InChI=1S/C8H6ClF2NO2/c9-4-1-3(7(12)8(13)14)2-5(10)6(4)11/h1-2,7H,12H2,(H,13,14). The van der Waals surface area contributed by atoms with Crippen molar-refractivity contribution in [2.24, 2.45) is 5.73 Å². The second-order valence-corrected chi connectivity index (χ2v) is 3.02. The molecule has 1 atom stereocenters. The molecule has 0 radical (unpaired) electrons. The van der Waals surface area contributed by atoms with E-state index in [0.717, 1.165) is 6.07 Å². The topological polar surface area (TPSA) is 63.3 Å². The molecule has 76 valence electrons. The van der Waals surface area contributed by atoms with Crippen LogP contribution in [0.5, 0.6) is 0 Å². The minimum atomic E-state index is -1.41. The maximum absolute atomic E-state index is 12.8. The molecule has 0 heterocycles. The van der Waals surface area contributed by atoms with Gasteiger partial charge in [0.2, 0.25) is 0 Å². The highest BCUT2D eigenvalue weighted by molar-refractivity contribution is 6.30. The van der Waals surface area contributed by atoms with Gasteiger partial charge in [0, 0.05) is 0 Å². The molecule has 0 amide bonds. The molecule has 1 aromatic rings. The predicted octanol–water partition coefficient (Wildman–Crippen LogP) is 1.70. The third-order valence-electron chi connectivity index (χ3n) is 1.63. The van der Waals surface area contributed by atoms with E-state index in [4.69, 9.17) is 22.4 Å². The highest BCUT2D eigenvalue weighted by Crippen LogP contribution is 2.22. The van der Waals surface area contributed by atoms with Gasteiger partial charge in [-0.25, -0.2) is 8.78 Å². The molecule has 1 rings (SSSR count). The van der Waals surface area contributed by atoms with Gasteiger partial charge in [-0.05, 0) is 17.7 Å². The van der Waals surface area contributed by atoms with E-state index in [0.29, 0.717) is 6.07 Å². The minimum Gasteiger partial charge on any atom is -0.480 e. The maximum atomic E-state index is 12.8. The SMILES string of the molecule is NC(C(=O)O)c1cc(F)c(F)c(Cl)c1. The number of benzene rings is 1. The van der Waals surface area contributed by atoms with Gasteiger partial charge in [0.15, 0.2) is 11.6 Å². The fourth-order valence-corrected chi connectivity index (χ4v) is 1.11. The van der Waals surface area contributed by atoms with Crippen LogP contribution < -0.4 is 5.73 Å². The largest absolute Gasteiger partial charge is 0.480 e. The molecule has 1 unspecified atom stereocenters. The number of carboxylic acids is 1. The van der Waals surface area contributed by atoms with Crippen LogP contribution in [-0.2, 0) is 4.79 Å². The highest BCUT2D eigenvalue weighted by atomic mass is 35.5. The first kappa shape index (κ1) is 10.9. The van der Waals surface area contributed by atoms with Crippen LogP contribution in [0.2, 0.25) is 5.02 Å². The van der Waals surface area contributed by atoms with Crippen LogP contribution in [0.15, 0.2) is 12.1 Å². The van der Waals surface area contributed by atoms with Gasteiger partial charge in [0.05, 0.1) is 5.02 Å². The zero-order valence-corrected chi connectivity index (χ0v) is 7.55. The summed E-state index contributed by atoms with van der Waals surface area (Å²) in [5.41, 5.74) is 5.10. The molecule has 0 aliphatic rings. The molecule has 3 nitrogen and oxygen atoms in total. The Balaban J connectivity index is 3.19. The first-order valence-electron chi connectivity index (χ1n) is 3.56. The summed E-state index contributed by atoms with van der Waals surface area (Å²) in [4.78, 5) is 10.4. The second kappa shape index (κ2) is 3.89. The Hall–Kier alpha value is -1.20. The minimum absolute atomic E-state index is 0.0820. The van der Waals surface area contributed by atoms with Crippen molar-refractivity contribution in [3.8, 4) is 0 Å². The van der Waals surface area contributed by atoms with Gasteiger partial charge in [0.1, 0.15) is 6.04 Å². The first-order chi connectivity index (χ1) is 6.43. The van der Waals surface area contributed by atoms with Crippen molar-refractivity contribution in [3.63, 3.8) is 0 Å². The van der Waals surface area contributed by atoms with Crippen molar-refractivity contribution in [2.45, 2.75) is 6.04 Å². The van der Waals surface area contributed by atoms with E-state index < -0.39 is 28.7 Å². The Morgan fingerprint density at radius 3 is 2.50 bits per heavy atom. The lowest BCUT2D eigenvalue weighted by Crippen LogP contribution is -2.20. The Kier molecular flexibility index (Phi) is 3.03. The summed E-state index contributed by atoms with van der Waals surface area (Å²) in [6.45, 7) is 0. The Labute approximate surface area is 83.1 Å². The van der Waals surface area contributed by atoms with E-state index >= 15 is 0 Å². The molecule has 0 spiro atoms. The van der Waals surface area contributed by atoms with Gasteiger partial charge >= 0.3 is 5.97 Å². The lowest BCUT2D eigenvalue weighted by atomic mass is 10.1. The number of carbonyl (C=O) groups is 1. The van der Waals surface area contributed by atoms with Crippen LogP contribution >= 0.6 is 11.6 Å². The summed E-state index contributed by atoms with van der Waals surface area (Å²) in [6.07, 6.45) is 0. The van der Waals surface area contributed by atoms with E-state index in [1.807, 2.05) is 0 Å². The third-order valence-corrected chi connectivity index (χ3v) is 1.91. The number of nitrogens with two attached hydrogens (primary N) is 1. The molecular weight excluding hydrogens is 216 g/mol. The first-order valence-corrected chi connectivity index (χ1v) is 3.94. The summed E-state index contributed by atoms with van der Waals surface area (Å²) in [5.74, 6) is -3.77. The van der Waals surface area contributed by atoms with Crippen LogP contribution in [-0.4, -0.2) is 11.1 Å². The molecule has 0 saturated heterocycles. The summed E-state index contributed by atoms with van der Waals surface area (Å²) < 4.78 is 25.4. The molecule has 6 heteroatoms. The lowest BCUT2D eigenvalue weighted by Gasteiger charge is -2.07. The number of aliphatic carboxylic acids is 1. The Bertz CT molecular complexity index is 361. The van der Waals surface area contributed by atoms with E-state index in [1.54, 1.807) is 0 Å². The molecule has 3 N–H and O–H groups in total. The summed E-state index contributed by atoms with van der Waals surface area (Å²) in [5, 5.41) is 8.01. The van der Waals surface area contributed by atoms with Crippen LogP contribution in [0.25, 0.3) is 0 Å². The van der Waals surface area contributed by atoms with Gasteiger partial charge in [-0.1, -0.05) is 11.6 Å². The van der Waals surface area contributed by atoms with Gasteiger partial charge in [-0.3, -0.25) is 4.79 Å². The van der Waals surface area contributed by atoms with Crippen molar-refractivity contribution in [1.29, 1.82) is 0 Å². The number of carboxylic acid groups (broad SMARTS) is 1. The monoisotopic (exact) mass is 221 g/mol. The van der Waals surface area contributed by atoms with Gasteiger partial charge in [-0.2, -0.15) is 0 Å². The fourth-order valence-electron chi connectivity index (χ4n) is 0.897. The average molecular weight is 222 g/mol. The van der Waals surface area contributed by atoms with Crippen LogP contribution in [0.4, 0.5) is 8.78 Å². The van der Waals surface area contributed by atoms with E-state index in [1.165, 1.54) is 0 Å².